The van der Waals surface area contributed by atoms with Crippen molar-refractivity contribution in [3.05, 3.63) is 30.1 Å². The lowest BCUT2D eigenvalue weighted by molar-refractivity contribution is 0.423. The van der Waals surface area contributed by atoms with Crippen LogP contribution < -0.4 is 5.32 Å². The molecule has 2 heterocycles. The lowest BCUT2D eigenvalue weighted by atomic mass is 10.0. The van der Waals surface area contributed by atoms with E-state index in [4.69, 9.17) is 0 Å². The molecule has 0 aliphatic rings. The third-order valence-electron chi connectivity index (χ3n) is 4.07. The van der Waals surface area contributed by atoms with Crippen molar-refractivity contribution in [2.45, 2.75) is 53.1 Å². The van der Waals surface area contributed by atoms with E-state index in [9.17, 15) is 0 Å². The van der Waals surface area contributed by atoms with Gasteiger partial charge >= 0.3 is 0 Å². The normalized spacial score (nSPS) is 11.6. The summed E-state index contributed by atoms with van der Waals surface area (Å²) in [7, 11) is 0. The minimum Gasteiger partial charge on any atom is -0.332 e. The minimum atomic E-state index is 0.740. The molecule has 110 valence electrons. The van der Waals surface area contributed by atoms with Gasteiger partial charge in [-0.3, -0.25) is 0 Å². The Labute approximate surface area is 122 Å². The topological polar surface area (TPSA) is 29.9 Å². The summed E-state index contributed by atoms with van der Waals surface area (Å²) >= 11 is 0. The molecular weight excluding hydrogens is 246 g/mol. The van der Waals surface area contributed by atoms with Gasteiger partial charge in [0.15, 0.2) is 0 Å². The minimum absolute atomic E-state index is 0.740. The summed E-state index contributed by atoms with van der Waals surface area (Å²) in [6.45, 7) is 9.83. The van der Waals surface area contributed by atoms with Gasteiger partial charge in [-0.1, -0.05) is 33.6 Å². The van der Waals surface area contributed by atoms with Crippen LogP contribution in [0, 0.1) is 5.92 Å². The van der Waals surface area contributed by atoms with E-state index in [1.54, 1.807) is 0 Å². The lowest BCUT2D eigenvalue weighted by Crippen LogP contribution is -2.13. The summed E-state index contributed by atoms with van der Waals surface area (Å²) in [5, 5.41) is 4.79. The van der Waals surface area contributed by atoms with Gasteiger partial charge in [0.25, 0.3) is 0 Å². The molecule has 0 unspecified atom stereocenters. The smallest absolute Gasteiger partial charge is 0.140 e. The molecule has 0 spiro atoms. The van der Waals surface area contributed by atoms with Crippen molar-refractivity contribution in [3.8, 4) is 0 Å². The fourth-order valence-corrected chi connectivity index (χ4v) is 2.70. The van der Waals surface area contributed by atoms with Crippen molar-refractivity contribution in [3.63, 3.8) is 0 Å². The van der Waals surface area contributed by atoms with Crippen molar-refractivity contribution in [2.24, 2.45) is 5.92 Å². The van der Waals surface area contributed by atoms with Crippen LogP contribution in [0.3, 0.4) is 0 Å². The Bertz CT molecular complexity index is 526. The number of hydrogen-bond acceptors (Lipinski definition) is 2. The predicted octanol–water partition coefficient (Wildman–Crippen LogP) is 3.97. The highest BCUT2D eigenvalue weighted by Crippen LogP contribution is 2.22. The molecule has 0 aliphatic carbocycles. The number of fused-ring (bicyclic) bond motifs is 1. The molecule has 0 aliphatic heterocycles. The number of rotatable bonds is 8. The zero-order chi connectivity index (χ0) is 14.4. The van der Waals surface area contributed by atoms with E-state index in [0.29, 0.717) is 0 Å². The Balaban J connectivity index is 2.25. The molecule has 2 rings (SSSR count). The second-order valence-electron chi connectivity index (χ2n) is 5.54. The van der Waals surface area contributed by atoms with Crippen LogP contribution in [0.5, 0.6) is 0 Å². The van der Waals surface area contributed by atoms with Crippen LogP contribution in [0.2, 0.25) is 0 Å². The number of aromatic nitrogens is 2. The summed E-state index contributed by atoms with van der Waals surface area (Å²) in [6, 6.07) is 4.22. The van der Waals surface area contributed by atoms with Crippen molar-refractivity contribution in [2.75, 3.05) is 6.54 Å². The molecule has 0 bridgehead atoms. The average Bonchev–Trinajstić information content (AvgIpc) is 2.83. The highest BCUT2D eigenvalue weighted by Gasteiger charge is 2.12. The summed E-state index contributed by atoms with van der Waals surface area (Å²) in [4.78, 5) is 4.59. The molecule has 0 amide bonds. The number of hydrogen-bond donors (Lipinski definition) is 1. The zero-order valence-electron chi connectivity index (χ0n) is 13.0. The van der Waals surface area contributed by atoms with E-state index in [-0.39, 0.29) is 0 Å². The van der Waals surface area contributed by atoms with E-state index in [0.717, 1.165) is 31.2 Å². The van der Waals surface area contributed by atoms with Crippen molar-refractivity contribution in [1.29, 1.82) is 0 Å². The Morgan fingerprint density at radius 3 is 2.75 bits per heavy atom. The molecule has 0 aromatic carbocycles. The molecule has 0 atom stereocenters. The van der Waals surface area contributed by atoms with Crippen LogP contribution in [0.4, 0.5) is 0 Å². The largest absolute Gasteiger partial charge is 0.332 e. The molecule has 20 heavy (non-hydrogen) atoms. The lowest BCUT2D eigenvalue weighted by Gasteiger charge is -2.13. The Hall–Kier alpha value is -1.35. The van der Waals surface area contributed by atoms with Crippen LogP contribution in [-0.4, -0.2) is 16.1 Å². The third-order valence-corrected chi connectivity index (χ3v) is 4.07. The third kappa shape index (κ3) is 3.40. The maximum Gasteiger partial charge on any atom is 0.140 e. The van der Waals surface area contributed by atoms with Crippen LogP contribution in [0.25, 0.3) is 11.0 Å². The molecule has 3 heteroatoms. The summed E-state index contributed by atoms with van der Waals surface area (Å²) in [6.07, 6.45) is 7.82. The second-order valence-corrected chi connectivity index (χ2v) is 5.54. The van der Waals surface area contributed by atoms with Gasteiger partial charge in [0.05, 0.1) is 0 Å². The molecule has 2 aromatic rings. The molecular formula is C17H27N3. The van der Waals surface area contributed by atoms with E-state index in [1.165, 1.54) is 30.2 Å². The monoisotopic (exact) mass is 273 g/mol. The van der Waals surface area contributed by atoms with E-state index in [1.807, 2.05) is 12.3 Å². The second kappa shape index (κ2) is 7.44. The summed E-state index contributed by atoms with van der Waals surface area (Å²) in [5.41, 5.74) is 2.50. The average molecular weight is 273 g/mol. The summed E-state index contributed by atoms with van der Waals surface area (Å²) in [5.74, 6) is 0.740. The van der Waals surface area contributed by atoms with Gasteiger partial charge in [-0.05, 0) is 36.6 Å². The standard InChI is InChI=1S/C17H27N3/c1-4-9-18-11-15-13-20(12-14(5-2)6-3)17-16(15)8-7-10-19-17/h7-8,10,13-14,18H,4-6,9,11-12H2,1-3H3. The van der Waals surface area contributed by atoms with Crippen molar-refractivity contribution >= 4 is 11.0 Å². The zero-order valence-corrected chi connectivity index (χ0v) is 13.0. The number of nitrogens with zero attached hydrogens (tertiary/aromatic N) is 2. The fourth-order valence-electron chi connectivity index (χ4n) is 2.70. The van der Waals surface area contributed by atoms with E-state index < -0.39 is 0 Å². The van der Waals surface area contributed by atoms with Crippen LogP contribution in [-0.2, 0) is 13.1 Å². The number of nitrogens with one attached hydrogen (secondary N) is 1. The first-order valence-electron chi connectivity index (χ1n) is 7.93. The quantitative estimate of drug-likeness (QED) is 0.737. The first kappa shape index (κ1) is 15.0. The number of pyridine rings is 1. The van der Waals surface area contributed by atoms with Crippen molar-refractivity contribution < 1.29 is 0 Å². The van der Waals surface area contributed by atoms with Gasteiger partial charge < -0.3 is 9.88 Å². The molecule has 0 saturated carbocycles. The first-order valence-corrected chi connectivity index (χ1v) is 7.93. The van der Waals surface area contributed by atoms with Crippen LogP contribution in [0.15, 0.2) is 24.5 Å². The van der Waals surface area contributed by atoms with Crippen LogP contribution in [0.1, 0.15) is 45.6 Å². The molecule has 0 radical (unpaired) electrons. The Morgan fingerprint density at radius 1 is 1.25 bits per heavy atom. The van der Waals surface area contributed by atoms with Gasteiger partial charge in [0, 0.05) is 30.9 Å². The SMILES string of the molecule is CCCNCc1cn(CC(CC)CC)c2ncccc12. The molecule has 0 fully saturated rings. The van der Waals surface area contributed by atoms with E-state index in [2.05, 4.69) is 47.9 Å². The molecule has 1 N–H and O–H groups in total. The van der Waals surface area contributed by atoms with Gasteiger partial charge in [0.1, 0.15) is 5.65 Å². The first-order chi connectivity index (χ1) is 9.80. The van der Waals surface area contributed by atoms with Crippen LogP contribution >= 0.6 is 0 Å². The Kier molecular flexibility index (Phi) is 5.60. The van der Waals surface area contributed by atoms with Gasteiger partial charge in [0.2, 0.25) is 0 Å². The Morgan fingerprint density at radius 2 is 2.05 bits per heavy atom. The summed E-state index contributed by atoms with van der Waals surface area (Å²) < 4.78 is 2.34. The maximum atomic E-state index is 4.59. The highest BCUT2D eigenvalue weighted by molar-refractivity contribution is 5.80. The molecule has 0 saturated heterocycles. The molecule has 3 nitrogen and oxygen atoms in total. The highest BCUT2D eigenvalue weighted by atomic mass is 15.0. The van der Waals surface area contributed by atoms with Gasteiger partial charge in [-0.15, -0.1) is 0 Å². The fraction of sp³-hybridized carbons (Fsp3) is 0.588. The maximum absolute atomic E-state index is 4.59. The molecule has 2 aromatic heterocycles. The predicted molar refractivity (Wildman–Crippen MR) is 85.8 cm³/mol. The van der Waals surface area contributed by atoms with Crippen molar-refractivity contribution in [1.82, 2.24) is 14.9 Å². The van der Waals surface area contributed by atoms with Gasteiger partial charge in [-0.2, -0.15) is 0 Å². The van der Waals surface area contributed by atoms with E-state index >= 15 is 0 Å². The van der Waals surface area contributed by atoms with Gasteiger partial charge in [-0.25, -0.2) is 4.98 Å².